The standard InChI is InChI=1S/C12H20ClN3O/c1-8(2)9-10(13)14-7-15-11(9)16-12(3,4)6-17-5/h7-8H,6H2,1-5H3,(H,14,15,16). The van der Waals surface area contributed by atoms with Crippen LogP contribution in [-0.4, -0.2) is 29.2 Å². The normalized spacial score (nSPS) is 11.9. The van der Waals surface area contributed by atoms with Crippen molar-refractivity contribution >= 4 is 17.4 Å². The predicted octanol–water partition coefficient (Wildman–Crippen LogP) is 3.09. The van der Waals surface area contributed by atoms with Crippen LogP contribution in [0.15, 0.2) is 6.33 Å². The van der Waals surface area contributed by atoms with Crippen LogP contribution in [0.5, 0.6) is 0 Å². The van der Waals surface area contributed by atoms with Gasteiger partial charge >= 0.3 is 0 Å². The fraction of sp³-hybridized carbons (Fsp3) is 0.667. The summed E-state index contributed by atoms with van der Waals surface area (Å²) in [7, 11) is 1.68. The van der Waals surface area contributed by atoms with Gasteiger partial charge in [-0.2, -0.15) is 0 Å². The van der Waals surface area contributed by atoms with Crippen LogP contribution in [0.3, 0.4) is 0 Å². The van der Waals surface area contributed by atoms with E-state index in [2.05, 4.69) is 43.0 Å². The maximum absolute atomic E-state index is 6.11. The van der Waals surface area contributed by atoms with E-state index in [1.807, 2.05) is 0 Å². The van der Waals surface area contributed by atoms with E-state index >= 15 is 0 Å². The van der Waals surface area contributed by atoms with Gasteiger partial charge in [0.2, 0.25) is 0 Å². The topological polar surface area (TPSA) is 47.0 Å². The second-order valence-electron chi connectivity index (χ2n) is 5.02. The van der Waals surface area contributed by atoms with E-state index in [1.165, 1.54) is 6.33 Å². The van der Waals surface area contributed by atoms with Crippen LogP contribution in [0.4, 0.5) is 5.82 Å². The largest absolute Gasteiger partial charge is 0.382 e. The van der Waals surface area contributed by atoms with Crippen LogP contribution < -0.4 is 5.32 Å². The van der Waals surface area contributed by atoms with Crippen molar-refractivity contribution in [2.45, 2.75) is 39.2 Å². The van der Waals surface area contributed by atoms with Gasteiger partial charge in [0.15, 0.2) is 0 Å². The predicted molar refractivity (Wildman–Crippen MR) is 70.7 cm³/mol. The van der Waals surface area contributed by atoms with Crippen LogP contribution in [-0.2, 0) is 4.74 Å². The Morgan fingerprint density at radius 3 is 2.59 bits per heavy atom. The Bertz CT molecular complexity index is 380. The molecule has 0 fully saturated rings. The first-order valence-corrected chi connectivity index (χ1v) is 6.02. The molecule has 0 aromatic carbocycles. The Hall–Kier alpha value is -0.870. The summed E-state index contributed by atoms with van der Waals surface area (Å²) in [5.74, 6) is 1.05. The van der Waals surface area contributed by atoms with E-state index in [0.29, 0.717) is 11.8 Å². The van der Waals surface area contributed by atoms with E-state index in [4.69, 9.17) is 16.3 Å². The lowest BCUT2D eigenvalue weighted by Gasteiger charge is -2.27. The summed E-state index contributed by atoms with van der Waals surface area (Å²) in [6.45, 7) is 8.83. The molecule has 0 saturated heterocycles. The molecule has 96 valence electrons. The lowest BCUT2D eigenvalue weighted by atomic mass is 10.0. The second kappa shape index (κ2) is 5.65. The number of nitrogens with one attached hydrogen (secondary N) is 1. The zero-order valence-corrected chi connectivity index (χ0v) is 11.8. The molecular weight excluding hydrogens is 238 g/mol. The van der Waals surface area contributed by atoms with Crippen molar-refractivity contribution in [1.82, 2.24) is 9.97 Å². The number of hydrogen-bond acceptors (Lipinski definition) is 4. The monoisotopic (exact) mass is 257 g/mol. The zero-order valence-electron chi connectivity index (χ0n) is 11.0. The highest BCUT2D eigenvalue weighted by atomic mass is 35.5. The molecule has 1 aromatic heterocycles. The van der Waals surface area contributed by atoms with Crippen molar-refractivity contribution in [1.29, 1.82) is 0 Å². The van der Waals surface area contributed by atoms with Crippen molar-refractivity contribution in [3.8, 4) is 0 Å². The summed E-state index contributed by atoms with van der Waals surface area (Å²) in [4.78, 5) is 8.29. The number of methoxy groups -OCH3 is 1. The van der Waals surface area contributed by atoms with Crippen LogP contribution in [0.25, 0.3) is 0 Å². The molecule has 1 aromatic rings. The molecule has 0 unspecified atom stereocenters. The molecule has 0 aliphatic carbocycles. The molecule has 0 amide bonds. The van der Waals surface area contributed by atoms with E-state index in [0.717, 1.165) is 11.4 Å². The third-order valence-corrected chi connectivity index (χ3v) is 2.68. The molecule has 0 atom stereocenters. The van der Waals surface area contributed by atoms with Crippen LogP contribution in [0.2, 0.25) is 5.15 Å². The van der Waals surface area contributed by atoms with E-state index in [9.17, 15) is 0 Å². The molecular formula is C12H20ClN3O. The van der Waals surface area contributed by atoms with Gasteiger partial charge in [-0.1, -0.05) is 25.4 Å². The molecule has 0 bridgehead atoms. The summed E-state index contributed by atoms with van der Waals surface area (Å²) in [5.41, 5.74) is 0.745. The van der Waals surface area contributed by atoms with Crippen molar-refractivity contribution in [2.75, 3.05) is 19.0 Å². The molecule has 1 rings (SSSR count). The maximum atomic E-state index is 6.11. The highest BCUT2D eigenvalue weighted by molar-refractivity contribution is 6.30. The minimum Gasteiger partial charge on any atom is -0.382 e. The van der Waals surface area contributed by atoms with Crippen LogP contribution in [0.1, 0.15) is 39.2 Å². The molecule has 1 heterocycles. The van der Waals surface area contributed by atoms with Gasteiger partial charge in [0.05, 0.1) is 12.1 Å². The fourth-order valence-corrected chi connectivity index (χ4v) is 2.05. The van der Waals surface area contributed by atoms with Crippen LogP contribution >= 0.6 is 11.6 Å². The van der Waals surface area contributed by atoms with Gasteiger partial charge in [-0.05, 0) is 19.8 Å². The Labute approximate surface area is 108 Å². The fourth-order valence-electron chi connectivity index (χ4n) is 1.70. The first-order valence-electron chi connectivity index (χ1n) is 5.65. The van der Waals surface area contributed by atoms with Gasteiger partial charge in [0.1, 0.15) is 17.3 Å². The molecule has 0 aliphatic heterocycles. The number of hydrogen-bond donors (Lipinski definition) is 1. The van der Waals surface area contributed by atoms with Crippen molar-refractivity contribution in [2.24, 2.45) is 0 Å². The van der Waals surface area contributed by atoms with Gasteiger partial charge in [-0.25, -0.2) is 9.97 Å². The first-order chi connectivity index (χ1) is 7.87. The SMILES string of the molecule is COCC(C)(C)Nc1ncnc(Cl)c1C(C)C. The molecule has 0 radical (unpaired) electrons. The molecule has 0 aliphatic rings. The molecule has 0 saturated carbocycles. The molecule has 4 nitrogen and oxygen atoms in total. The van der Waals surface area contributed by atoms with E-state index in [-0.39, 0.29) is 11.5 Å². The average molecular weight is 258 g/mol. The molecule has 5 heteroatoms. The minimum absolute atomic E-state index is 0.198. The third kappa shape index (κ3) is 3.82. The summed E-state index contributed by atoms with van der Waals surface area (Å²) >= 11 is 6.11. The Morgan fingerprint density at radius 1 is 1.41 bits per heavy atom. The third-order valence-electron chi connectivity index (χ3n) is 2.37. The molecule has 17 heavy (non-hydrogen) atoms. The number of rotatable bonds is 5. The number of aromatic nitrogens is 2. The lowest BCUT2D eigenvalue weighted by molar-refractivity contribution is 0.158. The lowest BCUT2D eigenvalue weighted by Crippen LogP contribution is -2.36. The zero-order chi connectivity index (χ0) is 13.1. The van der Waals surface area contributed by atoms with Gasteiger partial charge in [0.25, 0.3) is 0 Å². The second-order valence-corrected chi connectivity index (χ2v) is 5.38. The van der Waals surface area contributed by atoms with Crippen molar-refractivity contribution in [3.05, 3.63) is 17.0 Å². The van der Waals surface area contributed by atoms with Gasteiger partial charge in [-0.15, -0.1) is 0 Å². The Kier molecular flexibility index (Phi) is 4.71. The summed E-state index contributed by atoms with van der Waals surface area (Å²) in [6, 6.07) is 0. The highest BCUT2D eigenvalue weighted by Crippen LogP contribution is 2.29. The van der Waals surface area contributed by atoms with Crippen LogP contribution in [0, 0.1) is 0 Å². The number of halogens is 1. The quantitative estimate of drug-likeness (QED) is 0.824. The van der Waals surface area contributed by atoms with Crippen molar-refractivity contribution in [3.63, 3.8) is 0 Å². The Morgan fingerprint density at radius 2 is 2.06 bits per heavy atom. The van der Waals surface area contributed by atoms with E-state index in [1.54, 1.807) is 7.11 Å². The van der Waals surface area contributed by atoms with E-state index < -0.39 is 0 Å². The highest BCUT2D eigenvalue weighted by Gasteiger charge is 2.21. The molecule has 1 N–H and O–H groups in total. The summed E-state index contributed by atoms with van der Waals surface area (Å²) < 4.78 is 5.17. The summed E-state index contributed by atoms with van der Waals surface area (Å²) in [5, 5.41) is 3.85. The van der Waals surface area contributed by atoms with Gasteiger partial charge < -0.3 is 10.1 Å². The minimum atomic E-state index is -0.198. The number of anilines is 1. The first kappa shape index (κ1) is 14.2. The maximum Gasteiger partial charge on any atom is 0.138 e. The average Bonchev–Trinajstić information content (AvgIpc) is 2.15. The number of ether oxygens (including phenoxy) is 1. The van der Waals surface area contributed by atoms with Gasteiger partial charge in [-0.3, -0.25) is 0 Å². The van der Waals surface area contributed by atoms with Gasteiger partial charge in [0, 0.05) is 12.7 Å². The number of nitrogens with zero attached hydrogens (tertiary/aromatic N) is 2. The summed E-state index contributed by atoms with van der Waals surface area (Å²) in [6.07, 6.45) is 1.47. The smallest absolute Gasteiger partial charge is 0.138 e. The molecule has 0 spiro atoms. The van der Waals surface area contributed by atoms with Crippen molar-refractivity contribution < 1.29 is 4.74 Å². The Balaban J connectivity index is 3.02.